The molecular formula is C16H20BrN3O. The van der Waals surface area contributed by atoms with E-state index in [0.29, 0.717) is 12.1 Å². The molecule has 2 aliphatic heterocycles. The van der Waals surface area contributed by atoms with Gasteiger partial charge in [-0.3, -0.25) is 14.6 Å². The van der Waals surface area contributed by atoms with Gasteiger partial charge in [0.2, 0.25) is 5.91 Å². The number of rotatable bonds is 4. The standard InChI is InChI=1S/C16H20BrN3O/c17-11-3-1-2-10(6-11)15(16(18)21)20-9-13-7-14(20)8-19(13)12-4-5-12/h1-3,6,12-15H,4-5,7-9H2,(H2,18,21)/t13-,14-,15?/m0/s1. The van der Waals surface area contributed by atoms with Crippen LogP contribution in [0.25, 0.3) is 0 Å². The molecule has 2 saturated heterocycles. The fourth-order valence-electron chi connectivity index (χ4n) is 4.09. The Labute approximate surface area is 133 Å². The topological polar surface area (TPSA) is 49.6 Å². The van der Waals surface area contributed by atoms with Gasteiger partial charge in [0.05, 0.1) is 0 Å². The second-order valence-electron chi connectivity index (χ2n) is 6.53. The number of benzene rings is 1. The summed E-state index contributed by atoms with van der Waals surface area (Å²) in [7, 11) is 0. The Hall–Kier alpha value is -0.910. The fourth-order valence-corrected chi connectivity index (χ4v) is 4.51. The highest BCUT2D eigenvalue weighted by Crippen LogP contribution is 2.42. The van der Waals surface area contributed by atoms with Crippen molar-refractivity contribution in [2.45, 2.75) is 43.4 Å². The van der Waals surface area contributed by atoms with Crippen LogP contribution in [0.1, 0.15) is 30.9 Å². The highest BCUT2D eigenvalue weighted by molar-refractivity contribution is 9.10. The number of nitrogens with zero attached hydrogens (tertiary/aromatic N) is 2. The normalized spacial score (nSPS) is 30.7. The molecule has 2 N–H and O–H groups in total. The second-order valence-corrected chi connectivity index (χ2v) is 7.44. The Kier molecular flexibility index (Phi) is 3.32. The third-order valence-corrected chi connectivity index (χ3v) is 5.60. The van der Waals surface area contributed by atoms with E-state index in [1.54, 1.807) is 0 Å². The number of hydrogen-bond acceptors (Lipinski definition) is 3. The van der Waals surface area contributed by atoms with E-state index in [0.717, 1.165) is 29.2 Å². The van der Waals surface area contributed by atoms with Gasteiger partial charge in [-0.05, 0) is 37.0 Å². The number of halogens is 1. The van der Waals surface area contributed by atoms with E-state index in [2.05, 4.69) is 25.7 Å². The molecule has 0 radical (unpaired) electrons. The number of nitrogens with two attached hydrogens (primary N) is 1. The maximum atomic E-state index is 12.1. The van der Waals surface area contributed by atoms with E-state index in [4.69, 9.17) is 5.73 Å². The number of primary amides is 1. The molecule has 2 heterocycles. The number of carbonyl (C=O) groups is 1. The van der Waals surface area contributed by atoms with Crippen LogP contribution < -0.4 is 5.73 Å². The summed E-state index contributed by atoms with van der Waals surface area (Å²) in [6.07, 6.45) is 3.90. The third kappa shape index (κ3) is 2.41. The molecule has 3 aliphatic rings. The molecule has 3 atom stereocenters. The highest BCUT2D eigenvalue weighted by atomic mass is 79.9. The zero-order valence-electron chi connectivity index (χ0n) is 11.9. The third-order valence-electron chi connectivity index (χ3n) is 5.11. The first-order valence-corrected chi connectivity index (χ1v) is 8.49. The summed E-state index contributed by atoms with van der Waals surface area (Å²) in [5.41, 5.74) is 6.73. The molecule has 4 nitrogen and oxygen atoms in total. The van der Waals surface area contributed by atoms with Gasteiger partial charge in [0.1, 0.15) is 6.04 Å². The maximum absolute atomic E-state index is 12.1. The fraction of sp³-hybridized carbons (Fsp3) is 0.562. The molecule has 4 rings (SSSR count). The number of likely N-dealkylation sites (tertiary alicyclic amines) is 2. The first-order chi connectivity index (χ1) is 10.1. The van der Waals surface area contributed by atoms with Crippen LogP contribution in [0, 0.1) is 0 Å². The van der Waals surface area contributed by atoms with Crippen LogP contribution >= 0.6 is 15.9 Å². The smallest absolute Gasteiger partial charge is 0.239 e. The van der Waals surface area contributed by atoms with Crippen molar-refractivity contribution in [1.82, 2.24) is 9.80 Å². The summed E-state index contributed by atoms with van der Waals surface area (Å²) in [6.45, 7) is 2.08. The lowest BCUT2D eigenvalue weighted by Gasteiger charge is -2.38. The molecule has 5 heteroatoms. The van der Waals surface area contributed by atoms with Crippen molar-refractivity contribution in [3.05, 3.63) is 34.3 Å². The summed E-state index contributed by atoms with van der Waals surface area (Å²) < 4.78 is 0.996. The Balaban J connectivity index is 1.57. The van der Waals surface area contributed by atoms with Crippen molar-refractivity contribution in [3.8, 4) is 0 Å². The summed E-state index contributed by atoms with van der Waals surface area (Å²) in [6, 6.07) is 9.60. The monoisotopic (exact) mass is 349 g/mol. The van der Waals surface area contributed by atoms with Gasteiger partial charge in [0.15, 0.2) is 0 Å². The minimum absolute atomic E-state index is 0.237. The number of piperazine rings is 1. The molecule has 2 bridgehead atoms. The van der Waals surface area contributed by atoms with Crippen LogP contribution in [0.3, 0.4) is 0 Å². The van der Waals surface area contributed by atoms with Gasteiger partial charge in [-0.15, -0.1) is 0 Å². The van der Waals surface area contributed by atoms with Crippen molar-refractivity contribution in [2.75, 3.05) is 13.1 Å². The zero-order chi connectivity index (χ0) is 14.6. The maximum Gasteiger partial charge on any atom is 0.239 e. The molecular weight excluding hydrogens is 330 g/mol. The van der Waals surface area contributed by atoms with Gasteiger partial charge in [0.25, 0.3) is 0 Å². The van der Waals surface area contributed by atoms with Crippen molar-refractivity contribution in [1.29, 1.82) is 0 Å². The Morgan fingerprint density at radius 1 is 1.24 bits per heavy atom. The number of hydrogen-bond donors (Lipinski definition) is 1. The predicted molar refractivity (Wildman–Crippen MR) is 84.7 cm³/mol. The van der Waals surface area contributed by atoms with Crippen LogP contribution in [-0.4, -0.2) is 46.9 Å². The molecule has 1 unspecified atom stereocenters. The molecule has 1 aromatic rings. The van der Waals surface area contributed by atoms with E-state index in [1.807, 2.05) is 24.3 Å². The van der Waals surface area contributed by atoms with Crippen molar-refractivity contribution >= 4 is 21.8 Å². The average Bonchev–Trinajstić information content (AvgIpc) is 3.10. The highest BCUT2D eigenvalue weighted by Gasteiger charge is 2.50. The quantitative estimate of drug-likeness (QED) is 0.902. The van der Waals surface area contributed by atoms with Crippen molar-refractivity contribution < 1.29 is 4.79 Å². The second kappa shape index (κ2) is 5.07. The molecule has 0 aromatic heterocycles. The molecule has 21 heavy (non-hydrogen) atoms. The summed E-state index contributed by atoms with van der Waals surface area (Å²) in [5, 5.41) is 0. The molecule has 1 saturated carbocycles. The minimum atomic E-state index is -0.293. The number of amides is 1. The lowest BCUT2D eigenvalue weighted by Crippen LogP contribution is -2.50. The van der Waals surface area contributed by atoms with Crippen LogP contribution in [-0.2, 0) is 4.79 Å². The zero-order valence-corrected chi connectivity index (χ0v) is 13.5. The summed E-state index contributed by atoms with van der Waals surface area (Å²) in [5.74, 6) is -0.237. The van der Waals surface area contributed by atoms with E-state index < -0.39 is 0 Å². The average molecular weight is 350 g/mol. The van der Waals surface area contributed by atoms with E-state index in [9.17, 15) is 4.79 Å². The predicted octanol–water partition coefficient (Wildman–Crippen LogP) is 1.90. The van der Waals surface area contributed by atoms with E-state index in [1.165, 1.54) is 19.3 Å². The van der Waals surface area contributed by atoms with Gasteiger partial charge in [-0.1, -0.05) is 28.1 Å². The number of fused-ring (bicyclic) bond motifs is 2. The molecule has 112 valence electrons. The van der Waals surface area contributed by atoms with Gasteiger partial charge >= 0.3 is 0 Å². The Bertz CT molecular complexity index is 574. The van der Waals surface area contributed by atoms with Crippen molar-refractivity contribution in [2.24, 2.45) is 5.73 Å². The van der Waals surface area contributed by atoms with Crippen LogP contribution in [0.5, 0.6) is 0 Å². The molecule has 3 fully saturated rings. The molecule has 1 aliphatic carbocycles. The van der Waals surface area contributed by atoms with E-state index >= 15 is 0 Å². The molecule has 1 amide bonds. The van der Waals surface area contributed by atoms with Gasteiger partial charge in [-0.2, -0.15) is 0 Å². The first-order valence-electron chi connectivity index (χ1n) is 7.70. The molecule has 0 spiro atoms. The Morgan fingerprint density at radius 2 is 2.05 bits per heavy atom. The van der Waals surface area contributed by atoms with E-state index in [-0.39, 0.29) is 11.9 Å². The van der Waals surface area contributed by atoms with Crippen LogP contribution in [0.2, 0.25) is 0 Å². The van der Waals surface area contributed by atoms with Crippen LogP contribution in [0.15, 0.2) is 28.7 Å². The van der Waals surface area contributed by atoms with Crippen molar-refractivity contribution in [3.63, 3.8) is 0 Å². The van der Waals surface area contributed by atoms with Crippen LogP contribution in [0.4, 0.5) is 0 Å². The van der Waals surface area contributed by atoms with Gasteiger partial charge in [0, 0.05) is 35.7 Å². The first kappa shape index (κ1) is 13.7. The minimum Gasteiger partial charge on any atom is -0.368 e. The summed E-state index contributed by atoms with van der Waals surface area (Å²) >= 11 is 3.49. The van der Waals surface area contributed by atoms with Gasteiger partial charge < -0.3 is 5.73 Å². The van der Waals surface area contributed by atoms with Gasteiger partial charge in [-0.25, -0.2) is 0 Å². The number of carbonyl (C=O) groups excluding carboxylic acids is 1. The molecule has 1 aromatic carbocycles. The SMILES string of the molecule is NC(=O)C(c1cccc(Br)c1)N1C[C@@H]2C[C@H]1CN2C1CC1. The lowest BCUT2D eigenvalue weighted by atomic mass is 10.0. The lowest BCUT2D eigenvalue weighted by molar-refractivity contribution is -0.124. The Morgan fingerprint density at radius 3 is 2.62 bits per heavy atom. The summed E-state index contributed by atoms with van der Waals surface area (Å²) in [4.78, 5) is 17.0. The largest absolute Gasteiger partial charge is 0.368 e.